The largest absolute Gasteiger partial charge is 0.396 e. The maximum absolute atomic E-state index is 8.86. The lowest BCUT2D eigenvalue weighted by Gasteiger charge is -2.25. The molecule has 11 heavy (non-hydrogen) atoms. The number of rotatable bonds is 4. The third-order valence-electron chi connectivity index (χ3n) is 1.78. The molecule has 0 bridgehead atoms. The Morgan fingerprint density at radius 1 is 1.45 bits per heavy atom. The molecule has 3 heteroatoms. The van der Waals surface area contributed by atoms with Gasteiger partial charge in [-0.05, 0) is 13.3 Å². The van der Waals surface area contributed by atoms with E-state index >= 15 is 0 Å². The zero-order valence-corrected chi connectivity index (χ0v) is 7.04. The number of nitriles is 1. The fourth-order valence-electron chi connectivity index (χ4n) is 0.964. The van der Waals surface area contributed by atoms with Gasteiger partial charge < -0.3 is 10.2 Å². The Morgan fingerprint density at radius 2 is 1.91 bits per heavy atom. The Labute approximate surface area is 67.3 Å². The van der Waals surface area contributed by atoms with E-state index in [0.717, 1.165) is 0 Å². The molecule has 1 atom stereocenters. The number of hydrogen-bond donors (Lipinski definition) is 2. The van der Waals surface area contributed by atoms with Crippen LogP contribution in [0.15, 0.2) is 0 Å². The van der Waals surface area contributed by atoms with Crippen LogP contribution in [0.5, 0.6) is 0 Å². The number of hydrogen-bond acceptors (Lipinski definition) is 3. The molecule has 0 heterocycles. The Hall–Kier alpha value is -0.590. The highest BCUT2D eigenvalue weighted by Gasteiger charge is 2.24. The lowest BCUT2D eigenvalue weighted by Crippen LogP contribution is -2.27. The second-order valence-electron chi connectivity index (χ2n) is 3.36. The van der Waals surface area contributed by atoms with Crippen LogP contribution < -0.4 is 0 Å². The molecule has 0 aliphatic carbocycles. The molecule has 0 rings (SSSR count). The molecule has 0 aromatic heterocycles. The summed E-state index contributed by atoms with van der Waals surface area (Å²) in [6.45, 7) is 3.40. The maximum atomic E-state index is 8.86. The first-order valence-corrected chi connectivity index (χ1v) is 3.69. The molecule has 1 unspecified atom stereocenters. The van der Waals surface area contributed by atoms with Crippen molar-refractivity contribution in [3.63, 3.8) is 0 Å². The van der Waals surface area contributed by atoms with Crippen LogP contribution in [0.2, 0.25) is 0 Å². The zero-order valence-electron chi connectivity index (χ0n) is 7.04. The standard InChI is InChI=1S/C8H15NO2/c1-7(4-9)3-8(2,5-10)6-11/h7,10-11H,3,5-6H2,1-2H3. The van der Waals surface area contributed by atoms with Crippen molar-refractivity contribution in [2.75, 3.05) is 13.2 Å². The first-order chi connectivity index (χ1) is 5.08. The summed E-state index contributed by atoms with van der Waals surface area (Å²) in [6.07, 6.45) is 0.538. The third-order valence-corrected chi connectivity index (χ3v) is 1.78. The highest BCUT2D eigenvalue weighted by atomic mass is 16.3. The molecule has 2 N–H and O–H groups in total. The number of nitrogens with zero attached hydrogens (tertiary/aromatic N) is 1. The quantitative estimate of drug-likeness (QED) is 0.625. The first kappa shape index (κ1) is 10.4. The summed E-state index contributed by atoms with van der Waals surface area (Å²) in [5.41, 5.74) is -0.505. The smallest absolute Gasteiger partial charge is 0.0653 e. The zero-order chi connectivity index (χ0) is 8.91. The van der Waals surface area contributed by atoms with E-state index in [2.05, 4.69) is 6.07 Å². The van der Waals surface area contributed by atoms with Crippen molar-refractivity contribution in [3.05, 3.63) is 0 Å². The third kappa shape index (κ3) is 3.35. The van der Waals surface area contributed by atoms with Crippen LogP contribution in [0.3, 0.4) is 0 Å². The summed E-state index contributed by atoms with van der Waals surface area (Å²) in [6, 6.07) is 2.07. The summed E-state index contributed by atoms with van der Waals surface area (Å²) < 4.78 is 0. The average Bonchev–Trinajstić information content (AvgIpc) is 2.04. The van der Waals surface area contributed by atoms with Crippen LogP contribution in [-0.4, -0.2) is 23.4 Å². The Morgan fingerprint density at radius 3 is 2.18 bits per heavy atom. The van der Waals surface area contributed by atoms with Crippen molar-refractivity contribution in [2.24, 2.45) is 11.3 Å². The van der Waals surface area contributed by atoms with E-state index in [-0.39, 0.29) is 19.1 Å². The van der Waals surface area contributed by atoms with E-state index in [9.17, 15) is 0 Å². The molecule has 0 amide bonds. The minimum absolute atomic E-state index is 0.0739. The molecule has 0 aromatic carbocycles. The molecule has 0 aromatic rings. The lowest BCUT2D eigenvalue weighted by atomic mass is 9.83. The van der Waals surface area contributed by atoms with Crippen molar-refractivity contribution < 1.29 is 10.2 Å². The summed E-state index contributed by atoms with van der Waals surface area (Å²) in [7, 11) is 0. The van der Waals surface area contributed by atoms with Gasteiger partial charge in [0.1, 0.15) is 0 Å². The van der Waals surface area contributed by atoms with Crippen LogP contribution in [0, 0.1) is 22.7 Å². The van der Waals surface area contributed by atoms with Crippen molar-refractivity contribution >= 4 is 0 Å². The van der Waals surface area contributed by atoms with E-state index in [1.807, 2.05) is 0 Å². The molecule has 0 fully saturated rings. The van der Waals surface area contributed by atoms with Gasteiger partial charge in [0.25, 0.3) is 0 Å². The Kier molecular flexibility index (Phi) is 4.09. The second-order valence-corrected chi connectivity index (χ2v) is 3.36. The highest BCUT2D eigenvalue weighted by molar-refractivity contribution is 4.85. The molecule has 0 radical (unpaired) electrons. The average molecular weight is 157 g/mol. The van der Waals surface area contributed by atoms with Crippen molar-refractivity contribution in [1.82, 2.24) is 0 Å². The summed E-state index contributed by atoms with van der Waals surface area (Å²) in [4.78, 5) is 0. The number of aliphatic hydroxyl groups is 2. The van der Waals surface area contributed by atoms with Crippen LogP contribution in [0.4, 0.5) is 0 Å². The molecule has 64 valence electrons. The molecular weight excluding hydrogens is 142 g/mol. The normalized spacial score (nSPS) is 14.1. The summed E-state index contributed by atoms with van der Waals surface area (Å²) >= 11 is 0. The fraction of sp³-hybridized carbons (Fsp3) is 0.875. The molecule has 0 aliphatic rings. The summed E-state index contributed by atoms with van der Waals surface area (Å²) in [5.74, 6) is -0.112. The van der Waals surface area contributed by atoms with Crippen molar-refractivity contribution in [2.45, 2.75) is 20.3 Å². The lowest BCUT2D eigenvalue weighted by molar-refractivity contribution is 0.0559. The second kappa shape index (κ2) is 4.32. The van der Waals surface area contributed by atoms with E-state index in [4.69, 9.17) is 15.5 Å². The maximum Gasteiger partial charge on any atom is 0.0653 e. The van der Waals surface area contributed by atoms with Crippen molar-refractivity contribution in [3.8, 4) is 6.07 Å². The van der Waals surface area contributed by atoms with Gasteiger partial charge in [0.05, 0.1) is 19.3 Å². The molecular formula is C8H15NO2. The van der Waals surface area contributed by atoms with E-state index < -0.39 is 5.41 Å². The van der Waals surface area contributed by atoms with Crippen LogP contribution in [-0.2, 0) is 0 Å². The van der Waals surface area contributed by atoms with E-state index in [1.54, 1.807) is 13.8 Å². The summed E-state index contributed by atoms with van der Waals surface area (Å²) in [5, 5.41) is 26.2. The number of aliphatic hydroxyl groups excluding tert-OH is 2. The predicted octanol–water partition coefficient (Wildman–Crippen LogP) is 0.527. The van der Waals surface area contributed by atoms with E-state index in [1.165, 1.54) is 0 Å². The van der Waals surface area contributed by atoms with Gasteiger partial charge in [-0.2, -0.15) is 5.26 Å². The predicted molar refractivity (Wildman–Crippen MR) is 41.7 cm³/mol. The van der Waals surface area contributed by atoms with Gasteiger partial charge >= 0.3 is 0 Å². The van der Waals surface area contributed by atoms with E-state index in [0.29, 0.717) is 6.42 Å². The first-order valence-electron chi connectivity index (χ1n) is 3.69. The van der Waals surface area contributed by atoms with Gasteiger partial charge in [0.15, 0.2) is 0 Å². The topological polar surface area (TPSA) is 64.2 Å². The minimum Gasteiger partial charge on any atom is -0.396 e. The van der Waals surface area contributed by atoms with Gasteiger partial charge in [-0.1, -0.05) is 6.92 Å². The monoisotopic (exact) mass is 157 g/mol. The van der Waals surface area contributed by atoms with Crippen molar-refractivity contribution in [1.29, 1.82) is 5.26 Å². The molecule has 0 aliphatic heterocycles. The van der Waals surface area contributed by atoms with Gasteiger partial charge in [0.2, 0.25) is 0 Å². The van der Waals surface area contributed by atoms with Gasteiger partial charge in [0, 0.05) is 11.3 Å². The SMILES string of the molecule is CC(C#N)CC(C)(CO)CO. The minimum atomic E-state index is -0.505. The molecule has 0 saturated carbocycles. The van der Waals surface area contributed by atoms with Gasteiger partial charge in [-0.25, -0.2) is 0 Å². The molecule has 0 spiro atoms. The highest BCUT2D eigenvalue weighted by Crippen LogP contribution is 2.24. The Balaban J connectivity index is 3.99. The van der Waals surface area contributed by atoms with Crippen LogP contribution in [0.1, 0.15) is 20.3 Å². The van der Waals surface area contributed by atoms with Crippen LogP contribution in [0.25, 0.3) is 0 Å². The van der Waals surface area contributed by atoms with Gasteiger partial charge in [-0.3, -0.25) is 0 Å². The van der Waals surface area contributed by atoms with Crippen LogP contribution >= 0.6 is 0 Å². The fourth-order valence-corrected chi connectivity index (χ4v) is 0.964. The molecule has 3 nitrogen and oxygen atoms in total. The Bertz CT molecular complexity index is 147. The molecule has 0 saturated heterocycles. The van der Waals surface area contributed by atoms with Gasteiger partial charge in [-0.15, -0.1) is 0 Å².